The molecular weight excluding hydrogens is 480 g/mol. The molecule has 4 aromatic rings. The molecule has 0 saturated carbocycles. The summed E-state index contributed by atoms with van der Waals surface area (Å²) in [7, 11) is 0. The van der Waals surface area contributed by atoms with Gasteiger partial charge in [-0.2, -0.15) is 0 Å². The Morgan fingerprint density at radius 1 is 0.971 bits per heavy atom. The van der Waals surface area contributed by atoms with E-state index in [0.717, 1.165) is 13.1 Å². The van der Waals surface area contributed by atoms with Crippen LogP contribution in [0.3, 0.4) is 0 Å². The Kier molecular flexibility index (Phi) is 6.79. The number of aryl methyl sites for hydroxylation is 1. The molecule has 1 amide bonds. The molecule has 1 aliphatic rings. The lowest BCUT2D eigenvalue weighted by molar-refractivity contribution is -0.128. The second-order valence-electron chi connectivity index (χ2n) is 8.47. The fourth-order valence-electron chi connectivity index (χ4n) is 4.38. The number of hydrogen-bond donors (Lipinski definition) is 0. The molecule has 0 bridgehead atoms. The summed E-state index contributed by atoms with van der Waals surface area (Å²) in [5.74, 6) is 0.245. The van der Waals surface area contributed by atoms with E-state index in [4.69, 9.17) is 16.6 Å². The third-order valence-corrected chi connectivity index (χ3v) is 7.38. The van der Waals surface area contributed by atoms with Crippen LogP contribution in [0.5, 0.6) is 0 Å². The first kappa shape index (κ1) is 23.5. The van der Waals surface area contributed by atoms with Crippen molar-refractivity contribution >= 4 is 45.9 Å². The zero-order valence-electron chi connectivity index (χ0n) is 19.4. The van der Waals surface area contributed by atoms with Crippen LogP contribution in [0, 0.1) is 6.92 Å². The number of amides is 1. The van der Waals surface area contributed by atoms with E-state index < -0.39 is 0 Å². The summed E-state index contributed by atoms with van der Waals surface area (Å²) >= 11 is 7.49. The van der Waals surface area contributed by atoms with Gasteiger partial charge in [0.1, 0.15) is 0 Å². The van der Waals surface area contributed by atoms with Gasteiger partial charge in [-0.05, 0) is 48.9 Å². The number of aromatic nitrogens is 2. The Morgan fingerprint density at radius 3 is 2.49 bits per heavy atom. The fraction of sp³-hybridized carbons (Fsp3) is 0.222. The van der Waals surface area contributed by atoms with Crippen molar-refractivity contribution in [2.75, 3.05) is 36.8 Å². The quantitative estimate of drug-likeness (QED) is 0.289. The van der Waals surface area contributed by atoms with Gasteiger partial charge in [0.15, 0.2) is 5.16 Å². The molecule has 0 aliphatic carbocycles. The van der Waals surface area contributed by atoms with E-state index in [2.05, 4.69) is 24.0 Å². The number of benzene rings is 3. The van der Waals surface area contributed by atoms with Crippen LogP contribution in [-0.2, 0) is 4.79 Å². The van der Waals surface area contributed by atoms with Gasteiger partial charge >= 0.3 is 0 Å². The average Bonchev–Trinajstić information content (AvgIpc) is 2.88. The van der Waals surface area contributed by atoms with Crippen molar-refractivity contribution in [1.82, 2.24) is 14.5 Å². The molecule has 0 spiro atoms. The fourth-order valence-corrected chi connectivity index (χ4v) is 5.48. The third kappa shape index (κ3) is 4.92. The number of rotatable bonds is 5. The summed E-state index contributed by atoms with van der Waals surface area (Å²) in [6.45, 7) is 5.03. The first-order valence-corrected chi connectivity index (χ1v) is 12.9. The largest absolute Gasteiger partial charge is 0.368 e. The number of thioether (sulfide) groups is 1. The monoisotopic (exact) mass is 504 g/mol. The van der Waals surface area contributed by atoms with Gasteiger partial charge in [0.05, 0.1) is 22.3 Å². The maximum Gasteiger partial charge on any atom is 0.266 e. The van der Waals surface area contributed by atoms with Gasteiger partial charge in [-0.25, -0.2) is 4.98 Å². The van der Waals surface area contributed by atoms with Crippen LogP contribution < -0.4 is 10.5 Å². The van der Waals surface area contributed by atoms with Crippen LogP contribution >= 0.6 is 23.4 Å². The van der Waals surface area contributed by atoms with Crippen molar-refractivity contribution in [3.8, 4) is 5.69 Å². The Hall–Kier alpha value is -3.29. The van der Waals surface area contributed by atoms with E-state index in [1.54, 1.807) is 28.8 Å². The molecule has 178 valence electrons. The highest BCUT2D eigenvalue weighted by atomic mass is 35.5. The molecule has 6 nitrogen and oxygen atoms in total. The van der Waals surface area contributed by atoms with Crippen LogP contribution in [0.1, 0.15) is 5.56 Å². The third-order valence-electron chi connectivity index (χ3n) is 6.22. The minimum absolute atomic E-state index is 0.0412. The molecule has 1 saturated heterocycles. The molecule has 2 heterocycles. The lowest BCUT2D eigenvalue weighted by Gasteiger charge is -2.36. The zero-order chi connectivity index (χ0) is 24.4. The number of carbonyl (C=O) groups excluding carboxylic acids is 1. The van der Waals surface area contributed by atoms with Crippen LogP contribution in [0.25, 0.3) is 16.6 Å². The van der Waals surface area contributed by atoms with Crippen molar-refractivity contribution in [3.63, 3.8) is 0 Å². The first-order valence-electron chi connectivity index (χ1n) is 11.5. The number of anilines is 1. The minimum Gasteiger partial charge on any atom is -0.368 e. The van der Waals surface area contributed by atoms with Crippen LogP contribution in [0.15, 0.2) is 82.7 Å². The van der Waals surface area contributed by atoms with Crippen molar-refractivity contribution in [2.24, 2.45) is 0 Å². The molecule has 8 heteroatoms. The van der Waals surface area contributed by atoms with Gasteiger partial charge in [-0.15, -0.1) is 0 Å². The molecule has 0 N–H and O–H groups in total. The predicted molar refractivity (Wildman–Crippen MR) is 143 cm³/mol. The highest BCUT2D eigenvalue weighted by Crippen LogP contribution is 2.24. The number of carbonyl (C=O) groups is 1. The summed E-state index contributed by atoms with van der Waals surface area (Å²) in [5.41, 5.74) is 3.52. The van der Waals surface area contributed by atoms with E-state index in [1.807, 2.05) is 41.3 Å². The van der Waals surface area contributed by atoms with Gasteiger partial charge in [0.2, 0.25) is 5.91 Å². The molecular formula is C27H25ClN4O2S. The predicted octanol–water partition coefficient (Wildman–Crippen LogP) is 4.79. The number of fused-ring (bicyclic) bond motifs is 1. The lowest BCUT2D eigenvalue weighted by atomic mass is 10.1. The van der Waals surface area contributed by atoms with E-state index in [-0.39, 0.29) is 17.2 Å². The van der Waals surface area contributed by atoms with Gasteiger partial charge in [-0.1, -0.05) is 59.8 Å². The first-order chi connectivity index (χ1) is 17.0. The van der Waals surface area contributed by atoms with Crippen LogP contribution in [0.4, 0.5) is 5.69 Å². The number of piperazine rings is 1. The van der Waals surface area contributed by atoms with Crippen molar-refractivity contribution in [2.45, 2.75) is 12.1 Å². The van der Waals surface area contributed by atoms with E-state index in [9.17, 15) is 9.59 Å². The maximum absolute atomic E-state index is 13.4. The Morgan fingerprint density at radius 2 is 1.71 bits per heavy atom. The number of nitrogens with zero attached hydrogens (tertiary/aromatic N) is 4. The number of hydrogen-bond acceptors (Lipinski definition) is 5. The van der Waals surface area contributed by atoms with E-state index in [0.29, 0.717) is 39.9 Å². The highest BCUT2D eigenvalue weighted by Gasteiger charge is 2.23. The van der Waals surface area contributed by atoms with Crippen LogP contribution in [-0.4, -0.2) is 52.3 Å². The molecule has 0 unspecified atom stereocenters. The summed E-state index contributed by atoms with van der Waals surface area (Å²) < 4.78 is 1.54. The molecule has 1 aliphatic heterocycles. The topological polar surface area (TPSA) is 58.4 Å². The minimum atomic E-state index is -0.181. The van der Waals surface area contributed by atoms with Gasteiger partial charge in [0, 0.05) is 36.9 Å². The van der Waals surface area contributed by atoms with E-state index in [1.165, 1.54) is 23.0 Å². The van der Waals surface area contributed by atoms with Gasteiger partial charge in [-0.3, -0.25) is 14.2 Å². The second-order valence-corrected chi connectivity index (χ2v) is 9.85. The van der Waals surface area contributed by atoms with Crippen molar-refractivity contribution in [3.05, 3.63) is 93.7 Å². The maximum atomic E-state index is 13.4. The molecule has 3 aromatic carbocycles. The van der Waals surface area contributed by atoms with Gasteiger partial charge in [0.25, 0.3) is 5.56 Å². The van der Waals surface area contributed by atoms with Crippen LogP contribution in [0.2, 0.25) is 5.02 Å². The SMILES string of the molecule is Cc1ccccc1N1CCN(C(=O)CSc2nc3ccccc3c(=O)n2-c2cccc(Cl)c2)CC1. The molecule has 1 aromatic heterocycles. The standard InChI is InChI=1S/C27H25ClN4O2S/c1-19-7-2-5-12-24(19)30-13-15-31(16-14-30)25(33)18-35-27-29-23-11-4-3-10-22(23)26(34)32(27)21-9-6-8-20(28)17-21/h2-12,17H,13-16,18H2,1H3. The highest BCUT2D eigenvalue weighted by molar-refractivity contribution is 7.99. The number of halogens is 1. The summed E-state index contributed by atoms with van der Waals surface area (Å²) in [5, 5.41) is 1.53. The Labute approximate surface area is 213 Å². The summed E-state index contributed by atoms with van der Waals surface area (Å²) in [6.07, 6.45) is 0. The average molecular weight is 505 g/mol. The zero-order valence-corrected chi connectivity index (χ0v) is 20.9. The molecule has 0 atom stereocenters. The Bertz CT molecular complexity index is 1450. The molecule has 1 fully saturated rings. The Balaban J connectivity index is 1.34. The molecule has 35 heavy (non-hydrogen) atoms. The van der Waals surface area contributed by atoms with Crippen molar-refractivity contribution < 1.29 is 4.79 Å². The summed E-state index contributed by atoms with van der Waals surface area (Å²) in [4.78, 5) is 35.4. The van der Waals surface area contributed by atoms with Gasteiger partial charge < -0.3 is 9.80 Å². The molecule has 5 rings (SSSR count). The van der Waals surface area contributed by atoms with E-state index >= 15 is 0 Å². The number of para-hydroxylation sites is 2. The summed E-state index contributed by atoms with van der Waals surface area (Å²) in [6, 6.07) is 22.7. The normalized spacial score (nSPS) is 13.9. The van der Waals surface area contributed by atoms with Crippen molar-refractivity contribution in [1.29, 1.82) is 0 Å². The second kappa shape index (κ2) is 10.1. The lowest BCUT2D eigenvalue weighted by Crippen LogP contribution is -2.49. The molecule has 0 radical (unpaired) electrons. The smallest absolute Gasteiger partial charge is 0.266 e.